The van der Waals surface area contributed by atoms with Gasteiger partial charge in [-0.1, -0.05) is 38.1 Å². The maximum Gasteiger partial charge on any atom is 0.488 e. The molecule has 0 spiro atoms. The summed E-state index contributed by atoms with van der Waals surface area (Å²) in [7, 11) is -1.45. The quantitative estimate of drug-likeness (QED) is 0.626. The van der Waals surface area contributed by atoms with Gasteiger partial charge >= 0.3 is 7.12 Å². The van der Waals surface area contributed by atoms with Crippen LogP contribution in [0.25, 0.3) is 0 Å². The maximum absolute atomic E-state index is 9.04. The molecule has 12 heavy (non-hydrogen) atoms. The van der Waals surface area contributed by atoms with Crippen molar-refractivity contribution < 1.29 is 11.4 Å². The molecule has 3 heteroatoms. The van der Waals surface area contributed by atoms with E-state index in [4.69, 9.17) is 11.4 Å². The predicted octanol–water partition coefficient (Wildman–Crippen LogP) is 0.490. The van der Waals surface area contributed by atoms with Crippen molar-refractivity contribution in [1.29, 1.82) is 0 Å². The Morgan fingerprint density at radius 2 is 2.08 bits per heavy atom. The molecule has 64 valence electrons. The molecule has 0 saturated carbocycles. The van der Waals surface area contributed by atoms with Crippen molar-refractivity contribution in [2.24, 2.45) is 0 Å². The molecule has 0 heterocycles. The molecule has 1 aromatic rings. The summed E-state index contributed by atoms with van der Waals surface area (Å²) in [5.74, 6) is 0.196. The summed E-state index contributed by atoms with van der Waals surface area (Å²) in [6, 6.07) is 5.20. The molecule has 1 rings (SSSR count). The first-order valence-corrected chi connectivity index (χ1v) is 3.99. The first kappa shape index (κ1) is 7.83. The monoisotopic (exact) mass is 165 g/mol. The number of hydrogen-bond acceptors (Lipinski definition) is 2. The molecule has 0 saturated heterocycles. The Morgan fingerprint density at radius 3 is 2.58 bits per heavy atom. The van der Waals surface area contributed by atoms with Gasteiger partial charge in [-0.05, 0) is 16.9 Å². The van der Waals surface area contributed by atoms with Gasteiger partial charge in [0.2, 0.25) is 0 Å². The van der Waals surface area contributed by atoms with Gasteiger partial charge in [-0.25, -0.2) is 0 Å². The lowest BCUT2D eigenvalue weighted by atomic mass is 9.74. The maximum atomic E-state index is 9.04. The topological polar surface area (TPSA) is 40.5 Å². The molecular formula is C9H13BO2. The summed E-state index contributed by atoms with van der Waals surface area (Å²) in [6.07, 6.45) is 0. The van der Waals surface area contributed by atoms with Gasteiger partial charge in [-0.15, -0.1) is 0 Å². The van der Waals surface area contributed by atoms with E-state index in [1.165, 1.54) is 0 Å². The van der Waals surface area contributed by atoms with Crippen LogP contribution < -0.4 is 5.46 Å². The van der Waals surface area contributed by atoms with Crippen molar-refractivity contribution in [3.05, 3.63) is 29.8 Å². The second-order valence-electron chi connectivity index (χ2n) is 3.08. The molecule has 0 atom stereocenters. The van der Waals surface area contributed by atoms with Crippen molar-refractivity contribution in [1.82, 2.24) is 0 Å². The van der Waals surface area contributed by atoms with E-state index in [-0.39, 0.29) is 5.92 Å². The molecule has 0 aliphatic heterocycles. The van der Waals surface area contributed by atoms with Gasteiger partial charge in [-0.3, -0.25) is 0 Å². The molecule has 0 radical (unpaired) electrons. The highest BCUT2D eigenvalue weighted by Crippen LogP contribution is 2.10. The van der Waals surface area contributed by atoms with Crippen molar-refractivity contribution in [2.75, 3.05) is 0 Å². The minimum absolute atomic E-state index is 0.196. The Morgan fingerprint density at radius 1 is 1.42 bits per heavy atom. The van der Waals surface area contributed by atoms with Gasteiger partial charge in [0.15, 0.2) is 0 Å². The van der Waals surface area contributed by atoms with Gasteiger partial charge < -0.3 is 10.0 Å². The van der Waals surface area contributed by atoms with Crippen LogP contribution in [0.5, 0.6) is 0 Å². The predicted molar refractivity (Wildman–Crippen MR) is 50.4 cm³/mol. The Kier molecular flexibility index (Phi) is 2.44. The van der Waals surface area contributed by atoms with Crippen molar-refractivity contribution in [3.63, 3.8) is 0 Å². The van der Waals surface area contributed by atoms with Gasteiger partial charge in [0.25, 0.3) is 0 Å². The van der Waals surface area contributed by atoms with E-state index >= 15 is 0 Å². The normalized spacial score (nSPS) is 11.6. The fraction of sp³-hybridized carbons (Fsp3) is 0.333. The highest BCUT2D eigenvalue weighted by Gasteiger charge is 2.16. The molecule has 0 aliphatic rings. The van der Waals surface area contributed by atoms with E-state index in [0.717, 1.165) is 5.56 Å². The summed E-state index contributed by atoms with van der Waals surface area (Å²) >= 11 is 0. The smallest absolute Gasteiger partial charge is 0.423 e. The van der Waals surface area contributed by atoms with Gasteiger partial charge in [-0.2, -0.15) is 0 Å². The van der Waals surface area contributed by atoms with E-state index in [0.29, 0.717) is 11.5 Å². The van der Waals surface area contributed by atoms with Gasteiger partial charge in [0, 0.05) is 0 Å². The zero-order chi connectivity index (χ0) is 10.0. The molecular weight excluding hydrogens is 151 g/mol. The summed E-state index contributed by atoms with van der Waals surface area (Å²) in [5.41, 5.74) is 1.31. The van der Waals surface area contributed by atoms with Crippen LogP contribution >= 0.6 is 0 Å². The van der Waals surface area contributed by atoms with E-state index < -0.39 is 7.12 Å². The Labute approximate surface area is 74.4 Å². The molecule has 0 aliphatic carbocycles. The summed E-state index contributed by atoms with van der Waals surface area (Å²) < 4.78 is 7.40. The number of benzene rings is 1. The van der Waals surface area contributed by atoms with Crippen LogP contribution in [0.15, 0.2) is 24.2 Å². The summed E-state index contributed by atoms with van der Waals surface area (Å²) in [5, 5.41) is 18.1. The molecule has 0 bridgehead atoms. The second-order valence-corrected chi connectivity index (χ2v) is 3.08. The molecule has 0 amide bonds. The van der Waals surface area contributed by atoms with Crippen LogP contribution in [0, 0.1) is 0 Å². The molecule has 1 aromatic carbocycles. The SMILES string of the molecule is [2H]c1ccc(B(O)O)c(C(C)C)c1. The fourth-order valence-electron chi connectivity index (χ4n) is 1.19. The first-order chi connectivity index (χ1) is 6.02. The minimum atomic E-state index is -1.45. The lowest BCUT2D eigenvalue weighted by Crippen LogP contribution is -2.33. The van der Waals surface area contributed by atoms with E-state index in [9.17, 15) is 0 Å². The van der Waals surface area contributed by atoms with Crippen LogP contribution in [-0.2, 0) is 0 Å². The van der Waals surface area contributed by atoms with Crippen LogP contribution in [0.2, 0.25) is 0 Å². The standard InChI is InChI=1S/C9H13BO2/c1-7(2)8-5-3-4-6-9(8)10(11)12/h3-7,11-12H,1-2H3/i3D. The number of rotatable bonds is 2. The summed E-state index contributed by atoms with van der Waals surface area (Å²) in [6.45, 7) is 3.92. The Balaban J connectivity index is 3.19. The van der Waals surface area contributed by atoms with Crippen molar-refractivity contribution in [2.45, 2.75) is 19.8 Å². The lowest BCUT2D eigenvalue weighted by molar-refractivity contribution is 0.425. The highest BCUT2D eigenvalue weighted by molar-refractivity contribution is 6.59. The fourth-order valence-corrected chi connectivity index (χ4v) is 1.19. The highest BCUT2D eigenvalue weighted by atomic mass is 16.4. The number of hydrogen-bond donors (Lipinski definition) is 2. The Hall–Kier alpha value is -0.795. The van der Waals surface area contributed by atoms with Crippen LogP contribution in [0.4, 0.5) is 0 Å². The second kappa shape index (κ2) is 3.74. The minimum Gasteiger partial charge on any atom is -0.423 e. The van der Waals surface area contributed by atoms with Crippen LogP contribution in [0.3, 0.4) is 0 Å². The summed E-state index contributed by atoms with van der Waals surface area (Å²) in [4.78, 5) is 0. The molecule has 2 nitrogen and oxygen atoms in total. The van der Waals surface area contributed by atoms with Crippen molar-refractivity contribution >= 4 is 12.6 Å². The Bertz CT molecular complexity index is 300. The lowest BCUT2D eigenvalue weighted by Gasteiger charge is -2.10. The average Bonchev–Trinajstić information content (AvgIpc) is 2.03. The van der Waals surface area contributed by atoms with Crippen LogP contribution in [0.1, 0.15) is 26.7 Å². The zero-order valence-electron chi connectivity index (χ0n) is 8.28. The zero-order valence-corrected chi connectivity index (χ0v) is 7.28. The van der Waals surface area contributed by atoms with Crippen LogP contribution in [-0.4, -0.2) is 17.2 Å². The third-order valence-electron chi connectivity index (χ3n) is 1.83. The molecule has 0 unspecified atom stereocenters. The third kappa shape index (κ3) is 1.87. The van der Waals surface area contributed by atoms with E-state index in [2.05, 4.69) is 0 Å². The average molecular weight is 165 g/mol. The van der Waals surface area contributed by atoms with Crippen molar-refractivity contribution in [3.8, 4) is 0 Å². The largest absolute Gasteiger partial charge is 0.488 e. The first-order valence-electron chi connectivity index (χ1n) is 4.49. The third-order valence-corrected chi connectivity index (χ3v) is 1.83. The van der Waals surface area contributed by atoms with E-state index in [1.54, 1.807) is 18.2 Å². The molecule has 0 fully saturated rings. The molecule has 2 N–H and O–H groups in total. The van der Waals surface area contributed by atoms with Gasteiger partial charge in [0.05, 0.1) is 1.37 Å². The van der Waals surface area contributed by atoms with Gasteiger partial charge in [0.1, 0.15) is 0 Å². The molecule has 0 aromatic heterocycles. The van der Waals surface area contributed by atoms with E-state index in [1.807, 2.05) is 13.8 Å².